The van der Waals surface area contributed by atoms with E-state index >= 15 is 0 Å². The zero-order valence-electron chi connectivity index (χ0n) is 15.8. The van der Waals surface area contributed by atoms with E-state index in [1.54, 1.807) is 0 Å². The number of benzene rings is 1. The molecule has 1 saturated heterocycles. The molecule has 5 rings (SSSR count). The first-order valence-electron chi connectivity index (χ1n) is 9.92. The summed E-state index contributed by atoms with van der Waals surface area (Å²) in [6.07, 6.45) is 7.25. The number of aryl methyl sites for hydroxylation is 1. The molecule has 0 aliphatic carbocycles. The van der Waals surface area contributed by atoms with E-state index in [-0.39, 0.29) is 7.43 Å². The Labute approximate surface area is 166 Å². The van der Waals surface area contributed by atoms with E-state index in [0.29, 0.717) is 0 Å². The molecular weight excluding hydrogens is 346 g/mol. The van der Waals surface area contributed by atoms with Crippen LogP contribution in [0.25, 0.3) is 33.3 Å². The quantitative estimate of drug-likeness (QED) is 0.502. The fourth-order valence-electron chi connectivity index (χ4n) is 4.23. The lowest BCUT2D eigenvalue weighted by Gasteiger charge is -2.19. The molecule has 0 atom stereocenters. The molecule has 4 heterocycles. The van der Waals surface area contributed by atoms with Crippen LogP contribution in [0.5, 0.6) is 0 Å². The van der Waals surface area contributed by atoms with Crippen LogP contribution < -0.4 is 0 Å². The number of imidazole rings is 1. The van der Waals surface area contributed by atoms with Gasteiger partial charge in [-0.05, 0) is 62.7 Å². The fourth-order valence-corrected chi connectivity index (χ4v) is 4.23. The van der Waals surface area contributed by atoms with Crippen molar-refractivity contribution < 1.29 is 0 Å². The summed E-state index contributed by atoms with van der Waals surface area (Å²) in [6.45, 7) is 5.47. The highest BCUT2D eigenvalue weighted by Crippen LogP contribution is 2.29. The van der Waals surface area contributed by atoms with Crippen LogP contribution in [0.4, 0.5) is 0 Å². The van der Waals surface area contributed by atoms with Crippen LogP contribution >= 0.6 is 0 Å². The second-order valence-electron chi connectivity index (χ2n) is 7.67. The molecule has 0 unspecified atom stereocenters. The average molecular weight is 376 g/mol. The number of pyridine rings is 1. The highest BCUT2D eigenvalue weighted by atomic mass is 15.1. The molecule has 0 saturated carbocycles. The van der Waals surface area contributed by atoms with E-state index in [1.807, 2.05) is 19.2 Å². The normalized spacial score (nSPS) is 15.6. The maximum Gasteiger partial charge on any atom is 0.178 e. The zero-order chi connectivity index (χ0) is 18.2. The molecule has 28 heavy (non-hydrogen) atoms. The van der Waals surface area contributed by atoms with Gasteiger partial charge in [0.25, 0.3) is 0 Å². The molecule has 0 spiro atoms. The van der Waals surface area contributed by atoms with Gasteiger partial charge in [0.1, 0.15) is 5.82 Å². The van der Waals surface area contributed by atoms with Crippen molar-refractivity contribution in [3.05, 3.63) is 47.9 Å². The molecule has 0 bridgehead atoms. The minimum Gasteiger partial charge on any atom is -0.354 e. The van der Waals surface area contributed by atoms with Crippen LogP contribution in [0.15, 0.2) is 36.5 Å². The summed E-state index contributed by atoms with van der Waals surface area (Å²) < 4.78 is 0. The van der Waals surface area contributed by atoms with Crippen LogP contribution in [-0.4, -0.2) is 37.9 Å². The minimum absolute atomic E-state index is 0. The number of likely N-dealkylation sites (tertiary alicyclic amines) is 1. The van der Waals surface area contributed by atoms with Gasteiger partial charge in [-0.1, -0.05) is 26.3 Å². The van der Waals surface area contributed by atoms with Gasteiger partial charge in [-0.3, -0.25) is 4.90 Å². The molecule has 5 nitrogen and oxygen atoms in total. The van der Waals surface area contributed by atoms with E-state index in [4.69, 9.17) is 0 Å². The van der Waals surface area contributed by atoms with Crippen molar-refractivity contribution in [2.24, 2.45) is 0 Å². The van der Waals surface area contributed by atoms with E-state index in [9.17, 15) is 0 Å². The summed E-state index contributed by atoms with van der Waals surface area (Å²) in [5.74, 6) is 0.890. The maximum atomic E-state index is 4.45. The first-order chi connectivity index (χ1) is 13.3. The molecule has 1 fully saturated rings. The Morgan fingerprint density at radius 2 is 1.82 bits per heavy atom. The second-order valence-corrected chi connectivity index (χ2v) is 7.67. The van der Waals surface area contributed by atoms with Crippen LogP contribution in [0, 0.1) is 6.92 Å². The molecule has 0 amide bonds. The lowest BCUT2D eigenvalue weighted by Crippen LogP contribution is -2.23. The van der Waals surface area contributed by atoms with E-state index < -0.39 is 0 Å². The summed E-state index contributed by atoms with van der Waals surface area (Å²) >= 11 is 0. The van der Waals surface area contributed by atoms with Crippen molar-refractivity contribution in [3.8, 4) is 11.3 Å². The number of hydrogen-bond acceptors (Lipinski definition) is 3. The van der Waals surface area contributed by atoms with Crippen molar-refractivity contribution in [2.75, 3.05) is 13.1 Å². The number of fused-ring (bicyclic) bond motifs is 2. The third kappa shape index (κ3) is 3.54. The van der Waals surface area contributed by atoms with Gasteiger partial charge in [-0.2, -0.15) is 0 Å². The Morgan fingerprint density at radius 1 is 1.00 bits per heavy atom. The number of aromatic nitrogens is 4. The number of rotatable bonds is 3. The van der Waals surface area contributed by atoms with Crippen molar-refractivity contribution in [3.63, 3.8) is 0 Å². The molecule has 0 radical (unpaired) electrons. The van der Waals surface area contributed by atoms with Gasteiger partial charge in [0.05, 0.1) is 5.52 Å². The van der Waals surface area contributed by atoms with Gasteiger partial charge in [0, 0.05) is 34.9 Å². The molecule has 1 aliphatic heterocycles. The van der Waals surface area contributed by atoms with Crippen molar-refractivity contribution in [1.82, 2.24) is 24.8 Å². The van der Waals surface area contributed by atoms with Gasteiger partial charge < -0.3 is 9.97 Å². The van der Waals surface area contributed by atoms with Gasteiger partial charge in [-0.15, -0.1) is 0 Å². The molecule has 4 aromatic rings. The Balaban J connectivity index is 0.00000192. The first kappa shape index (κ1) is 18.7. The molecule has 1 aliphatic rings. The van der Waals surface area contributed by atoms with Gasteiger partial charge in [0.15, 0.2) is 5.65 Å². The molecule has 146 valence electrons. The molecule has 5 heteroatoms. The molecule has 3 aromatic heterocycles. The minimum atomic E-state index is 0. The van der Waals surface area contributed by atoms with E-state index in [0.717, 1.165) is 34.8 Å². The molecule has 2 N–H and O–H groups in total. The second kappa shape index (κ2) is 7.76. The predicted molar refractivity (Wildman–Crippen MR) is 116 cm³/mol. The Kier molecular flexibility index (Phi) is 5.18. The zero-order valence-corrected chi connectivity index (χ0v) is 15.8. The number of nitrogens with zero attached hydrogens (tertiary/aromatic N) is 3. The fraction of sp³-hybridized carbons (Fsp3) is 0.391. The highest BCUT2D eigenvalue weighted by Gasteiger charge is 2.13. The standard InChI is InChI=1S/C22H25N5.CH4/c1-15-24-21-18(8-9-23-22(21)25-15)20-13-17-12-16(6-7-19(17)26-20)14-27-10-4-2-3-5-11-27;/h6-9,12-13,26H,2-5,10-11,14H2,1H3,(H,23,24,25);1H4. The summed E-state index contributed by atoms with van der Waals surface area (Å²) in [5, 5.41) is 1.26. The van der Waals surface area contributed by atoms with E-state index in [1.165, 1.54) is 55.2 Å². The Bertz CT molecular complexity index is 1080. The maximum absolute atomic E-state index is 4.45. The third-order valence-electron chi connectivity index (χ3n) is 5.59. The topological polar surface area (TPSA) is 60.6 Å². The predicted octanol–water partition coefficient (Wildman–Crippen LogP) is 5.43. The van der Waals surface area contributed by atoms with Crippen LogP contribution in [0.3, 0.4) is 0 Å². The summed E-state index contributed by atoms with van der Waals surface area (Å²) in [7, 11) is 0. The largest absolute Gasteiger partial charge is 0.354 e. The SMILES string of the molecule is C.Cc1nc2nccc(-c3cc4cc(CN5CCCCCC5)ccc4[nH]3)c2[nH]1. The average Bonchev–Trinajstić information content (AvgIpc) is 3.16. The highest BCUT2D eigenvalue weighted by molar-refractivity contribution is 5.94. The summed E-state index contributed by atoms with van der Waals surface area (Å²) in [4.78, 5) is 18.3. The molecular formula is C23H29N5. The lowest BCUT2D eigenvalue weighted by molar-refractivity contribution is 0.277. The third-order valence-corrected chi connectivity index (χ3v) is 5.59. The van der Waals surface area contributed by atoms with Crippen molar-refractivity contribution >= 4 is 22.1 Å². The number of H-pyrrole nitrogens is 2. The first-order valence-corrected chi connectivity index (χ1v) is 9.92. The van der Waals surface area contributed by atoms with Crippen LogP contribution in [0.2, 0.25) is 0 Å². The summed E-state index contributed by atoms with van der Waals surface area (Å²) in [6, 6.07) is 11.1. The number of hydrogen-bond donors (Lipinski definition) is 2. The smallest absolute Gasteiger partial charge is 0.178 e. The summed E-state index contributed by atoms with van der Waals surface area (Å²) in [5.41, 5.74) is 6.55. The molecule has 1 aromatic carbocycles. The van der Waals surface area contributed by atoms with Crippen molar-refractivity contribution in [1.29, 1.82) is 0 Å². The van der Waals surface area contributed by atoms with Gasteiger partial charge in [0.2, 0.25) is 0 Å². The number of aromatic amines is 2. The monoisotopic (exact) mass is 375 g/mol. The van der Waals surface area contributed by atoms with E-state index in [2.05, 4.69) is 49.1 Å². The number of nitrogens with one attached hydrogen (secondary N) is 2. The van der Waals surface area contributed by atoms with Crippen LogP contribution in [0.1, 0.15) is 44.5 Å². The Hall–Kier alpha value is -2.66. The van der Waals surface area contributed by atoms with Crippen LogP contribution in [-0.2, 0) is 6.54 Å². The lowest BCUT2D eigenvalue weighted by atomic mass is 10.1. The van der Waals surface area contributed by atoms with Crippen molar-refractivity contribution in [2.45, 2.75) is 46.6 Å². The van der Waals surface area contributed by atoms with Gasteiger partial charge >= 0.3 is 0 Å². The van der Waals surface area contributed by atoms with Gasteiger partial charge in [-0.25, -0.2) is 9.97 Å². The Morgan fingerprint density at radius 3 is 2.64 bits per heavy atom.